The van der Waals surface area contributed by atoms with E-state index in [2.05, 4.69) is 0 Å². The van der Waals surface area contributed by atoms with E-state index in [1.165, 1.54) is 24.2 Å². The minimum absolute atomic E-state index is 0.0242. The lowest BCUT2D eigenvalue weighted by Gasteiger charge is -2.55. The summed E-state index contributed by atoms with van der Waals surface area (Å²) in [5, 5.41) is 20.6. The number of carboxylic acids is 1. The molecule has 3 aromatic carbocycles. The van der Waals surface area contributed by atoms with Crippen LogP contribution < -0.4 is 4.74 Å². The zero-order valence-corrected chi connectivity index (χ0v) is 27.8. The Morgan fingerprint density at radius 3 is 2.30 bits per heavy atom. The van der Waals surface area contributed by atoms with E-state index in [1.807, 2.05) is 54.6 Å². The van der Waals surface area contributed by atoms with Crippen LogP contribution >= 0.6 is 0 Å². The summed E-state index contributed by atoms with van der Waals surface area (Å²) in [4.78, 5) is 70.5. The van der Waals surface area contributed by atoms with Gasteiger partial charge in [-0.25, -0.2) is 0 Å². The molecule has 6 atom stereocenters. The number of phenols is 1. The third kappa shape index (κ3) is 5.18. The van der Waals surface area contributed by atoms with E-state index >= 15 is 4.79 Å². The number of aliphatic carboxylic acids is 1. The molecule has 0 radical (unpaired) electrons. The molecule has 7 rings (SSSR count). The van der Waals surface area contributed by atoms with Crippen LogP contribution in [0, 0.1) is 23.7 Å². The number of Topliss-reactive ketones (excluding diaryl/α,β-unsaturated/α-hetero) is 1. The van der Waals surface area contributed by atoms with E-state index < -0.39 is 41.0 Å². The minimum atomic E-state index is -1.48. The number of methoxy groups -OCH3 is 1. The van der Waals surface area contributed by atoms with Crippen LogP contribution in [-0.4, -0.2) is 58.1 Å². The number of rotatable bonds is 10. The Kier molecular flexibility index (Phi) is 8.76. The third-order valence-corrected chi connectivity index (χ3v) is 11.3. The van der Waals surface area contributed by atoms with Crippen molar-refractivity contribution in [2.75, 3.05) is 13.7 Å². The molecule has 0 aromatic heterocycles. The van der Waals surface area contributed by atoms with Crippen molar-refractivity contribution in [1.29, 1.82) is 0 Å². The lowest BCUT2D eigenvalue weighted by Crippen LogP contribution is -2.58. The van der Waals surface area contributed by atoms with Gasteiger partial charge in [-0.15, -0.1) is 0 Å². The Morgan fingerprint density at radius 2 is 1.60 bits per heavy atom. The predicted molar refractivity (Wildman–Crippen MR) is 184 cm³/mol. The van der Waals surface area contributed by atoms with Crippen molar-refractivity contribution < 1.29 is 38.9 Å². The number of amides is 2. The number of carbonyl (C=O) groups is 5. The zero-order valence-electron chi connectivity index (χ0n) is 27.8. The first kappa shape index (κ1) is 33.2. The van der Waals surface area contributed by atoms with E-state index in [1.54, 1.807) is 24.3 Å². The summed E-state index contributed by atoms with van der Waals surface area (Å²) >= 11 is 0. The molecule has 1 heterocycles. The molecule has 2 fully saturated rings. The summed E-state index contributed by atoms with van der Waals surface area (Å²) in [6.45, 7) is 0.193. The van der Waals surface area contributed by atoms with Crippen LogP contribution in [0.25, 0.3) is 5.57 Å². The van der Waals surface area contributed by atoms with Crippen molar-refractivity contribution in [3.63, 3.8) is 0 Å². The standard InChI is InChI=1S/C41H39NO8/c1-50-32-17-11-16-31(43)36(32)37-26-19-20-27-35(40(49)42(39(27)48)21-10-4-9-18-34(45)46)29(26)22-30-38(47)28(24-12-5-2-6-13-24)23-33(44)41(30,37)25-14-7-3-8-15-25/h2-3,5-8,11-17,19,23,27,29-30,35,37,43H,4,9-10,18,20-22H2,1H3,(H,45,46). The Balaban J connectivity index is 1.40. The molecule has 50 heavy (non-hydrogen) atoms. The molecule has 1 saturated heterocycles. The third-order valence-electron chi connectivity index (χ3n) is 11.3. The predicted octanol–water partition coefficient (Wildman–Crippen LogP) is 5.87. The number of imide groups is 1. The van der Waals surface area contributed by atoms with Gasteiger partial charge in [0.1, 0.15) is 11.5 Å². The average molecular weight is 674 g/mol. The van der Waals surface area contributed by atoms with E-state index in [0.29, 0.717) is 47.3 Å². The number of aromatic hydroxyl groups is 1. The van der Waals surface area contributed by atoms with E-state index in [4.69, 9.17) is 9.84 Å². The smallest absolute Gasteiger partial charge is 0.303 e. The van der Waals surface area contributed by atoms with Gasteiger partial charge in [0.05, 0.1) is 24.4 Å². The molecule has 3 aromatic rings. The quantitative estimate of drug-likeness (QED) is 0.155. The fourth-order valence-corrected chi connectivity index (χ4v) is 9.20. The largest absolute Gasteiger partial charge is 0.508 e. The van der Waals surface area contributed by atoms with Gasteiger partial charge in [-0.05, 0) is 60.9 Å². The number of benzene rings is 3. The maximum absolute atomic E-state index is 15.1. The first-order chi connectivity index (χ1) is 24.2. The molecule has 2 amide bonds. The molecule has 0 bridgehead atoms. The monoisotopic (exact) mass is 673 g/mol. The molecule has 2 N–H and O–H groups in total. The number of fused-ring (bicyclic) bond motifs is 4. The van der Waals surface area contributed by atoms with Crippen LogP contribution in [0.5, 0.6) is 11.5 Å². The van der Waals surface area contributed by atoms with Crippen molar-refractivity contribution in [2.24, 2.45) is 23.7 Å². The molecule has 0 spiro atoms. The number of ether oxygens (including phenoxy) is 1. The Hall–Kier alpha value is -5.31. The highest BCUT2D eigenvalue weighted by Gasteiger charge is 2.66. The first-order valence-electron chi connectivity index (χ1n) is 17.2. The number of unbranched alkanes of at least 4 members (excludes halogenated alkanes) is 2. The summed E-state index contributed by atoms with van der Waals surface area (Å²) in [7, 11) is 1.49. The minimum Gasteiger partial charge on any atom is -0.508 e. The Bertz CT molecular complexity index is 1930. The van der Waals surface area contributed by atoms with Crippen LogP contribution in [0.1, 0.15) is 61.1 Å². The number of nitrogens with zero attached hydrogens (tertiary/aromatic N) is 1. The second kappa shape index (κ2) is 13.2. The summed E-state index contributed by atoms with van der Waals surface area (Å²) in [5.74, 6) is -5.46. The van der Waals surface area contributed by atoms with Crippen molar-refractivity contribution in [1.82, 2.24) is 4.90 Å². The number of hydrogen-bond acceptors (Lipinski definition) is 7. The highest BCUT2D eigenvalue weighted by atomic mass is 16.5. The molecular formula is C41H39NO8. The van der Waals surface area contributed by atoms with E-state index in [0.717, 1.165) is 5.57 Å². The van der Waals surface area contributed by atoms with E-state index in [-0.39, 0.29) is 54.9 Å². The van der Waals surface area contributed by atoms with Crippen LogP contribution in [0.3, 0.4) is 0 Å². The number of carbonyl (C=O) groups excluding carboxylic acids is 4. The average Bonchev–Trinajstić information content (AvgIpc) is 3.37. The first-order valence-corrected chi connectivity index (χ1v) is 17.2. The van der Waals surface area contributed by atoms with Crippen LogP contribution in [0.4, 0.5) is 0 Å². The second-order valence-corrected chi connectivity index (χ2v) is 13.7. The van der Waals surface area contributed by atoms with Gasteiger partial charge in [-0.3, -0.25) is 28.9 Å². The maximum atomic E-state index is 15.1. The normalized spacial score (nSPS) is 27.2. The molecule has 9 nitrogen and oxygen atoms in total. The van der Waals surface area contributed by atoms with Crippen LogP contribution in [-0.2, 0) is 29.4 Å². The van der Waals surface area contributed by atoms with Gasteiger partial charge in [-0.1, -0.05) is 84.8 Å². The lowest BCUT2D eigenvalue weighted by molar-refractivity contribution is -0.141. The topological polar surface area (TPSA) is 138 Å². The molecule has 3 aliphatic carbocycles. The number of hydrogen-bond donors (Lipinski definition) is 2. The number of allylic oxidation sites excluding steroid dienone is 4. The van der Waals surface area contributed by atoms with Gasteiger partial charge >= 0.3 is 5.97 Å². The van der Waals surface area contributed by atoms with Crippen molar-refractivity contribution >= 4 is 34.9 Å². The highest BCUT2D eigenvalue weighted by molar-refractivity contribution is 6.31. The number of phenolic OH excluding ortho intramolecular Hbond substituents is 1. The fourth-order valence-electron chi connectivity index (χ4n) is 9.20. The van der Waals surface area contributed by atoms with Crippen molar-refractivity contribution in [3.8, 4) is 11.5 Å². The molecule has 1 saturated carbocycles. The fraction of sp³-hybridized carbons (Fsp3) is 0.341. The van der Waals surface area contributed by atoms with Crippen LogP contribution in [0.15, 0.2) is 96.6 Å². The Labute approximate surface area is 290 Å². The lowest BCUT2D eigenvalue weighted by atomic mass is 9.44. The summed E-state index contributed by atoms with van der Waals surface area (Å²) in [6.07, 6.45) is 5.37. The number of likely N-dealkylation sites (tertiary alicyclic amines) is 1. The van der Waals surface area contributed by atoms with Gasteiger partial charge < -0.3 is 14.9 Å². The van der Waals surface area contributed by atoms with Gasteiger partial charge in [0.2, 0.25) is 11.8 Å². The summed E-state index contributed by atoms with van der Waals surface area (Å²) in [6, 6.07) is 23.2. The second-order valence-electron chi connectivity index (χ2n) is 13.7. The van der Waals surface area contributed by atoms with Gasteiger partial charge in [0.15, 0.2) is 11.6 Å². The van der Waals surface area contributed by atoms with Crippen molar-refractivity contribution in [3.05, 3.63) is 113 Å². The van der Waals surface area contributed by atoms with Gasteiger partial charge in [-0.2, -0.15) is 0 Å². The van der Waals surface area contributed by atoms with E-state index in [9.17, 15) is 24.3 Å². The zero-order chi connectivity index (χ0) is 35.2. The SMILES string of the molecule is COc1cccc(O)c1C1C2=CCC3C(=O)N(CCCCCC(=O)O)C(=O)C3C2CC2C(=O)C(c3ccccc3)=CC(=O)C21c1ccccc1. The number of ketones is 2. The summed E-state index contributed by atoms with van der Waals surface area (Å²) in [5.41, 5.74) is 1.17. The van der Waals surface area contributed by atoms with Gasteiger partial charge in [0, 0.05) is 35.9 Å². The molecule has 1 aliphatic heterocycles. The number of carboxylic acid groups (broad SMARTS) is 1. The van der Waals surface area contributed by atoms with Crippen LogP contribution in [0.2, 0.25) is 0 Å². The molecule has 6 unspecified atom stereocenters. The molecule has 9 heteroatoms. The molecule has 256 valence electrons. The summed E-state index contributed by atoms with van der Waals surface area (Å²) < 4.78 is 5.83. The Morgan fingerprint density at radius 1 is 0.880 bits per heavy atom. The van der Waals surface area contributed by atoms with Crippen molar-refractivity contribution in [2.45, 2.75) is 49.9 Å². The maximum Gasteiger partial charge on any atom is 0.303 e. The van der Waals surface area contributed by atoms with Gasteiger partial charge in [0.25, 0.3) is 0 Å². The highest BCUT2D eigenvalue weighted by Crippen LogP contribution is 2.65. The molecule has 4 aliphatic rings. The molecular weight excluding hydrogens is 634 g/mol.